The molecule has 3 heterocycles. The van der Waals surface area contributed by atoms with E-state index in [0.29, 0.717) is 0 Å². The van der Waals surface area contributed by atoms with Crippen LogP contribution in [0.15, 0.2) is 201 Å². The van der Waals surface area contributed by atoms with Crippen LogP contribution in [0.2, 0.25) is 0 Å². The fourth-order valence-electron chi connectivity index (χ4n) is 4.48. The van der Waals surface area contributed by atoms with Crippen LogP contribution in [-0.4, -0.2) is 5.83 Å². The number of hydrogen-bond acceptors (Lipinski definition) is 6. The number of rotatable bonds is 0. The molecule has 0 bridgehead atoms. The molecule has 0 unspecified atom stereocenters. The van der Waals surface area contributed by atoms with Gasteiger partial charge in [0.05, 0.1) is 0 Å². The SMILES string of the molecule is BrBr.Brc1ccc2c(c1)Sc1ccccc1S2.Brc1ccc2c(c1)Sc1ccccc1S2.CBr.c1ccc2c(c1)Sc1ccccc1S2. The van der Waals surface area contributed by atoms with E-state index in [1.54, 1.807) is 0 Å². The summed E-state index contributed by atoms with van der Waals surface area (Å²) in [6.45, 7) is 0. The Hall–Kier alpha value is -0.180. The van der Waals surface area contributed by atoms with Crippen LogP contribution in [0.3, 0.4) is 0 Å². The highest BCUT2D eigenvalue weighted by molar-refractivity contribution is 9.93. The fraction of sp³-hybridized carbons (Fsp3) is 0.0270. The third-order valence-corrected chi connectivity index (χ3v) is 15.2. The summed E-state index contributed by atoms with van der Waals surface area (Å²) in [7, 11) is 0. The standard InChI is InChI=1S/2C12H7BrS2.C12H8S2.CH3Br.Br2/c2*13-8-5-6-11-12(7-8)15-10-4-2-1-3-9(10)14-11;1-2-6-10-9(5-1)13-11-7-3-4-8-12(11)14-10;2*1-2/h2*1-7H;1-8H;1H3;. The van der Waals surface area contributed by atoms with Crippen LogP contribution in [0.5, 0.6) is 0 Å². The third-order valence-electron chi connectivity index (χ3n) is 6.53. The topological polar surface area (TPSA) is 0 Å². The largest absolute Gasteiger partial charge is 0.0966 e. The monoisotopic (exact) mass is 1060 g/mol. The Kier molecular flexibility index (Phi) is 16.4. The Balaban J connectivity index is 0.000000134. The maximum atomic E-state index is 3.51. The molecule has 0 N–H and O–H groups in total. The lowest BCUT2D eigenvalue weighted by Gasteiger charge is -2.17. The van der Waals surface area contributed by atoms with Crippen LogP contribution in [-0.2, 0) is 0 Å². The van der Waals surface area contributed by atoms with Gasteiger partial charge in [-0.05, 0) is 90.8 Å². The van der Waals surface area contributed by atoms with E-state index in [1.807, 2.05) is 76.4 Å². The molecule has 6 aromatic carbocycles. The van der Waals surface area contributed by atoms with Gasteiger partial charge in [-0.25, -0.2) is 0 Å². The Labute approximate surface area is 349 Å². The van der Waals surface area contributed by atoms with Gasteiger partial charge in [0.25, 0.3) is 0 Å². The Morgan fingerprint density at radius 2 is 0.479 bits per heavy atom. The van der Waals surface area contributed by atoms with Crippen LogP contribution in [0.25, 0.3) is 0 Å². The molecule has 6 aromatic rings. The predicted molar refractivity (Wildman–Crippen MR) is 231 cm³/mol. The van der Waals surface area contributed by atoms with Gasteiger partial charge in [0.15, 0.2) is 0 Å². The average Bonchev–Trinajstić information content (AvgIpc) is 3.14. The summed E-state index contributed by atoms with van der Waals surface area (Å²) in [6, 6.07) is 47.1. The first-order chi connectivity index (χ1) is 23.6. The van der Waals surface area contributed by atoms with Crippen molar-refractivity contribution in [1.29, 1.82) is 0 Å². The Morgan fingerprint density at radius 1 is 0.292 bits per heavy atom. The van der Waals surface area contributed by atoms with Gasteiger partial charge < -0.3 is 0 Å². The lowest BCUT2D eigenvalue weighted by atomic mass is 10.3. The summed E-state index contributed by atoms with van der Waals surface area (Å²) in [5.41, 5.74) is 0. The van der Waals surface area contributed by atoms with E-state index < -0.39 is 0 Å². The minimum Gasteiger partial charge on any atom is -0.0966 e. The summed E-state index contributed by atoms with van der Waals surface area (Å²) >= 11 is 26.6. The zero-order valence-corrected chi connectivity index (χ0v) is 37.9. The van der Waals surface area contributed by atoms with Crippen molar-refractivity contribution in [2.75, 3.05) is 5.83 Å². The van der Waals surface area contributed by atoms with Crippen molar-refractivity contribution in [1.82, 2.24) is 0 Å². The summed E-state index contributed by atoms with van der Waals surface area (Å²) in [6.07, 6.45) is 0. The predicted octanol–water partition coefficient (Wildman–Crippen LogP) is 17.1. The summed E-state index contributed by atoms with van der Waals surface area (Å²) in [5.74, 6) is 1.81. The number of fused-ring (bicyclic) bond motifs is 6. The molecule has 3 aliphatic heterocycles. The quantitative estimate of drug-likeness (QED) is 0.138. The van der Waals surface area contributed by atoms with Crippen LogP contribution in [0.4, 0.5) is 0 Å². The highest BCUT2D eigenvalue weighted by Gasteiger charge is 2.18. The molecule has 9 rings (SSSR count). The van der Waals surface area contributed by atoms with E-state index in [-0.39, 0.29) is 0 Å². The van der Waals surface area contributed by atoms with Gasteiger partial charge in [-0.3, -0.25) is 0 Å². The van der Waals surface area contributed by atoms with Gasteiger partial charge in [-0.1, -0.05) is 167 Å². The molecule has 0 spiro atoms. The van der Waals surface area contributed by atoms with Crippen molar-refractivity contribution in [2.24, 2.45) is 0 Å². The van der Waals surface area contributed by atoms with E-state index in [9.17, 15) is 0 Å². The number of alkyl halides is 1. The first-order valence-corrected chi connectivity index (χ1v) is 25.9. The van der Waals surface area contributed by atoms with Crippen molar-refractivity contribution >= 4 is 147 Å². The lowest BCUT2D eigenvalue weighted by molar-refractivity contribution is 1.15. The molecule has 11 heteroatoms. The molecule has 0 aromatic heterocycles. The third kappa shape index (κ3) is 10.5. The van der Waals surface area contributed by atoms with Crippen molar-refractivity contribution in [2.45, 2.75) is 58.7 Å². The fourth-order valence-corrected chi connectivity index (χ4v) is 12.2. The molecule has 0 nitrogen and oxygen atoms in total. The lowest BCUT2D eigenvalue weighted by Crippen LogP contribution is -1.88. The summed E-state index contributed by atoms with van der Waals surface area (Å²) < 4.78 is 2.29. The molecule has 48 heavy (non-hydrogen) atoms. The number of halogens is 5. The zero-order valence-electron chi connectivity index (χ0n) is 25.0. The minimum absolute atomic E-state index is 1.15. The van der Waals surface area contributed by atoms with Crippen LogP contribution < -0.4 is 0 Å². The number of benzene rings is 6. The van der Waals surface area contributed by atoms with Crippen molar-refractivity contribution < 1.29 is 0 Å². The molecule has 0 atom stereocenters. The van der Waals surface area contributed by atoms with E-state index in [0.717, 1.165) is 8.95 Å². The average molecular weight is 1060 g/mol. The van der Waals surface area contributed by atoms with Crippen molar-refractivity contribution in [3.63, 3.8) is 0 Å². The van der Waals surface area contributed by atoms with Gasteiger partial charge >= 0.3 is 0 Å². The van der Waals surface area contributed by atoms with Gasteiger partial charge in [0, 0.05) is 95.9 Å². The smallest absolute Gasteiger partial charge is 0.0273 e. The Morgan fingerprint density at radius 3 is 0.708 bits per heavy atom. The minimum atomic E-state index is 1.15. The first kappa shape index (κ1) is 39.0. The van der Waals surface area contributed by atoms with Crippen LogP contribution in [0, 0.1) is 0 Å². The Bertz CT molecular complexity index is 1800. The van der Waals surface area contributed by atoms with Gasteiger partial charge in [0.2, 0.25) is 0 Å². The van der Waals surface area contributed by atoms with Crippen LogP contribution >= 0.6 is 147 Å². The molecule has 0 radical (unpaired) electrons. The second-order valence-corrected chi connectivity index (χ2v) is 17.9. The molecular formula is C37H25Br5S6. The highest BCUT2D eigenvalue weighted by Crippen LogP contribution is 2.50. The highest BCUT2D eigenvalue weighted by atomic mass is 80.9. The molecule has 0 fully saturated rings. The first-order valence-electron chi connectivity index (χ1n) is 14.1. The maximum absolute atomic E-state index is 3.51. The molecule has 244 valence electrons. The van der Waals surface area contributed by atoms with Gasteiger partial charge in [-0.2, -0.15) is 0 Å². The van der Waals surface area contributed by atoms with E-state index in [1.165, 1.54) is 58.7 Å². The molecule has 0 aliphatic carbocycles. The van der Waals surface area contributed by atoms with E-state index >= 15 is 0 Å². The van der Waals surface area contributed by atoms with E-state index in [4.69, 9.17) is 0 Å². The van der Waals surface area contributed by atoms with E-state index in [2.05, 4.69) is 210 Å². The number of hydrogen-bond donors (Lipinski definition) is 0. The second-order valence-electron chi connectivity index (χ2n) is 9.58. The van der Waals surface area contributed by atoms with Gasteiger partial charge in [-0.15, -0.1) is 0 Å². The van der Waals surface area contributed by atoms with Crippen molar-refractivity contribution in [3.8, 4) is 0 Å². The van der Waals surface area contributed by atoms with Gasteiger partial charge in [0.1, 0.15) is 0 Å². The second kappa shape index (κ2) is 20.2. The summed E-state index contributed by atoms with van der Waals surface area (Å²) in [5, 5.41) is 0. The summed E-state index contributed by atoms with van der Waals surface area (Å²) in [4.78, 5) is 16.3. The maximum Gasteiger partial charge on any atom is 0.0273 e. The zero-order chi connectivity index (χ0) is 33.9. The molecule has 0 saturated carbocycles. The normalized spacial score (nSPS) is 12.3. The van der Waals surface area contributed by atoms with Crippen molar-refractivity contribution in [3.05, 3.63) is 142 Å². The molecule has 0 amide bonds. The van der Waals surface area contributed by atoms with Crippen LogP contribution in [0.1, 0.15) is 0 Å². The molecule has 0 saturated heterocycles. The molecular weight excluding hydrogens is 1040 g/mol. The molecule has 3 aliphatic rings.